The third-order valence-electron chi connectivity index (χ3n) is 3.97. The van der Waals surface area contributed by atoms with Crippen molar-refractivity contribution in [2.24, 2.45) is 0 Å². The number of benzene rings is 1. The molecule has 1 aromatic rings. The minimum Gasteiger partial charge on any atom is -0.388 e. The number of aryl methyl sites for hydroxylation is 1. The predicted octanol–water partition coefficient (Wildman–Crippen LogP) is 2.53. The minimum absolute atomic E-state index is 0.360. The molecule has 1 fully saturated rings. The highest BCUT2D eigenvalue weighted by Crippen LogP contribution is 2.19. The second-order valence-corrected chi connectivity index (χ2v) is 5.39. The summed E-state index contributed by atoms with van der Waals surface area (Å²) in [5.74, 6) is 0. The summed E-state index contributed by atoms with van der Waals surface area (Å²) in [4.78, 5) is 2.45. The SMILES string of the molecule is CCC1COCCN1CCC(O)c1ccc(C)cc1. The molecule has 2 atom stereocenters. The zero-order valence-electron chi connectivity index (χ0n) is 12.0. The Morgan fingerprint density at radius 1 is 1.37 bits per heavy atom. The molecule has 0 amide bonds. The molecule has 2 unspecified atom stereocenters. The lowest BCUT2D eigenvalue weighted by atomic mass is 10.0. The molecule has 106 valence electrons. The van der Waals surface area contributed by atoms with Crippen LogP contribution in [0.3, 0.4) is 0 Å². The molecule has 1 aliphatic heterocycles. The van der Waals surface area contributed by atoms with Crippen LogP contribution >= 0.6 is 0 Å². The summed E-state index contributed by atoms with van der Waals surface area (Å²) < 4.78 is 5.50. The highest BCUT2D eigenvalue weighted by atomic mass is 16.5. The molecular formula is C16H25NO2. The van der Waals surface area contributed by atoms with Crippen LogP contribution in [-0.2, 0) is 4.74 Å². The zero-order valence-corrected chi connectivity index (χ0v) is 12.0. The molecule has 0 saturated carbocycles. The number of hydrogen-bond acceptors (Lipinski definition) is 3. The number of aliphatic hydroxyl groups excluding tert-OH is 1. The Morgan fingerprint density at radius 2 is 2.11 bits per heavy atom. The maximum Gasteiger partial charge on any atom is 0.0802 e. The van der Waals surface area contributed by atoms with Crippen molar-refractivity contribution in [1.82, 2.24) is 4.90 Å². The highest BCUT2D eigenvalue weighted by Gasteiger charge is 2.21. The number of nitrogens with zero attached hydrogens (tertiary/aromatic N) is 1. The van der Waals surface area contributed by atoms with E-state index in [4.69, 9.17) is 4.74 Å². The van der Waals surface area contributed by atoms with E-state index in [0.29, 0.717) is 6.04 Å². The fourth-order valence-electron chi connectivity index (χ4n) is 2.60. The lowest BCUT2D eigenvalue weighted by Gasteiger charge is -2.35. The van der Waals surface area contributed by atoms with E-state index >= 15 is 0 Å². The van der Waals surface area contributed by atoms with Gasteiger partial charge in [0, 0.05) is 19.1 Å². The van der Waals surface area contributed by atoms with Crippen molar-refractivity contribution < 1.29 is 9.84 Å². The molecule has 1 aromatic carbocycles. The fraction of sp³-hybridized carbons (Fsp3) is 0.625. The lowest BCUT2D eigenvalue weighted by molar-refractivity contribution is -0.0143. The summed E-state index contributed by atoms with van der Waals surface area (Å²) in [7, 11) is 0. The Labute approximate surface area is 116 Å². The topological polar surface area (TPSA) is 32.7 Å². The van der Waals surface area contributed by atoms with Crippen LogP contribution in [0.4, 0.5) is 0 Å². The van der Waals surface area contributed by atoms with Crippen molar-refractivity contribution in [3.63, 3.8) is 0 Å². The maximum atomic E-state index is 10.2. The van der Waals surface area contributed by atoms with Gasteiger partial charge >= 0.3 is 0 Å². The van der Waals surface area contributed by atoms with Gasteiger partial charge in [-0.05, 0) is 25.3 Å². The Morgan fingerprint density at radius 3 is 2.79 bits per heavy atom. The van der Waals surface area contributed by atoms with Crippen molar-refractivity contribution >= 4 is 0 Å². The number of morpholine rings is 1. The van der Waals surface area contributed by atoms with Crippen LogP contribution in [0.25, 0.3) is 0 Å². The second-order valence-electron chi connectivity index (χ2n) is 5.39. The zero-order chi connectivity index (χ0) is 13.7. The summed E-state index contributed by atoms with van der Waals surface area (Å²) >= 11 is 0. The molecule has 1 N–H and O–H groups in total. The molecule has 0 spiro atoms. The van der Waals surface area contributed by atoms with E-state index in [0.717, 1.165) is 44.7 Å². The van der Waals surface area contributed by atoms with Gasteiger partial charge in [0.2, 0.25) is 0 Å². The molecule has 19 heavy (non-hydrogen) atoms. The van der Waals surface area contributed by atoms with Crippen LogP contribution in [0.1, 0.15) is 37.0 Å². The number of rotatable bonds is 5. The summed E-state index contributed by atoms with van der Waals surface area (Å²) in [6, 6.07) is 8.68. The maximum absolute atomic E-state index is 10.2. The normalized spacial score (nSPS) is 22.4. The molecule has 1 saturated heterocycles. The van der Waals surface area contributed by atoms with Gasteiger partial charge in [-0.3, -0.25) is 4.90 Å². The largest absolute Gasteiger partial charge is 0.388 e. The molecule has 0 bridgehead atoms. The monoisotopic (exact) mass is 263 g/mol. The van der Waals surface area contributed by atoms with Crippen LogP contribution < -0.4 is 0 Å². The minimum atomic E-state index is -0.360. The summed E-state index contributed by atoms with van der Waals surface area (Å²) in [5, 5.41) is 10.2. The lowest BCUT2D eigenvalue weighted by Crippen LogP contribution is -2.45. The van der Waals surface area contributed by atoms with Crippen LogP contribution in [0.15, 0.2) is 24.3 Å². The summed E-state index contributed by atoms with van der Waals surface area (Å²) in [6.45, 7) is 7.84. The average molecular weight is 263 g/mol. The second kappa shape index (κ2) is 7.04. The smallest absolute Gasteiger partial charge is 0.0802 e. The van der Waals surface area contributed by atoms with E-state index in [1.54, 1.807) is 0 Å². The Bertz CT molecular complexity index is 377. The number of aliphatic hydroxyl groups is 1. The van der Waals surface area contributed by atoms with Gasteiger partial charge in [-0.25, -0.2) is 0 Å². The first kappa shape index (κ1) is 14.5. The van der Waals surface area contributed by atoms with Crippen LogP contribution in [0.2, 0.25) is 0 Å². The van der Waals surface area contributed by atoms with E-state index in [1.807, 2.05) is 12.1 Å². The van der Waals surface area contributed by atoms with Crippen molar-refractivity contribution in [3.8, 4) is 0 Å². The molecule has 3 heteroatoms. The van der Waals surface area contributed by atoms with Gasteiger partial charge in [-0.2, -0.15) is 0 Å². The van der Waals surface area contributed by atoms with Gasteiger partial charge in [0.15, 0.2) is 0 Å². The predicted molar refractivity (Wildman–Crippen MR) is 77.2 cm³/mol. The van der Waals surface area contributed by atoms with Crippen molar-refractivity contribution in [3.05, 3.63) is 35.4 Å². The van der Waals surface area contributed by atoms with Crippen molar-refractivity contribution in [2.75, 3.05) is 26.3 Å². The van der Waals surface area contributed by atoms with Gasteiger partial charge in [-0.1, -0.05) is 36.8 Å². The Kier molecular flexibility index (Phi) is 5.37. The van der Waals surface area contributed by atoms with E-state index in [1.165, 1.54) is 5.56 Å². The van der Waals surface area contributed by atoms with Crippen LogP contribution in [0, 0.1) is 6.92 Å². The van der Waals surface area contributed by atoms with E-state index in [-0.39, 0.29) is 6.10 Å². The molecule has 1 aliphatic rings. The molecule has 3 nitrogen and oxygen atoms in total. The first-order valence-electron chi connectivity index (χ1n) is 7.27. The standard InChI is InChI=1S/C16H25NO2/c1-3-15-12-19-11-10-17(15)9-8-16(18)14-6-4-13(2)5-7-14/h4-7,15-16,18H,3,8-12H2,1-2H3. The molecule has 0 aromatic heterocycles. The van der Waals surface area contributed by atoms with Gasteiger partial charge in [0.1, 0.15) is 0 Å². The highest BCUT2D eigenvalue weighted by molar-refractivity contribution is 5.23. The van der Waals surface area contributed by atoms with Crippen molar-refractivity contribution in [2.45, 2.75) is 38.8 Å². The molecule has 0 radical (unpaired) electrons. The molecular weight excluding hydrogens is 238 g/mol. The molecule has 2 rings (SSSR count). The molecule has 0 aliphatic carbocycles. The first-order valence-corrected chi connectivity index (χ1v) is 7.27. The fourth-order valence-corrected chi connectivity index (χ4v) is 2.60. The van der Waals surface area contributed by atoms with Gasteiger partial charge in [-0.15, -0.1) is 0 Å². The number of ether oxygens (including phenoxy) is 1. The third-order valence-corrected chi connectivity index (χ3v) is 3.97. The van der Waals surface area contributed by atoms with Gasteiger partial charge in [0.25, 0.3) is 0 Å². The van der Waals surface area contributed by atoms with E-state index in [9.17, 15) is 5.11 Å². The third kappa shape index (κ3) is 4.03. The number of hydrogen-bond donors (Lipinski definition) is 1. The Balaban J connectivity index is 1.85. The van der Waals surface area contributed by atoms with Crippen LogP contribution in [0.5, 0.6) is 0 Å². The van der Waals surface area contributed by atoms with Gasteiger partial charge in [0.05, 0.1) is 19.3 Å². The molecule has 1 heterocycles. The van der Waals surface area contributed by atoms with Crippen LogP contribution in [-0.4, -0.2) is 42.4 Å². The Hall–Kier alpha value is -0.900. The average Bonchev–Trinajstić information content (AvgIpc) is 2.45. The summed E-state index contributed by atoms with van der Waals surface area (Å²) in [5.41, 5.74) is 2.25. The van der Waals surface area contributed by atoms with E-state index < -0.39 is 0 Å². The summed E-state index contributed by atoms with van der Waals surface area (Å²) in [6.07, 6.45) is 1.54. The first-order chi connectivity index (χ1) is 9.20. The van der Waals surface area contributed by atoms with Gasteiger partial charge < -0.3 is 9.84 Å². The van der Waals surface area contributed by atoms with Crippen molar-refractivity contribution in [1.29, 1.82) is 0 Å². The quantitative estimate of drug-likeness (QED) is 0.886. The van der Waals surface area contributed by atoms with E-state index in [2.05, 4.69) is 30.9 Å².